The number of nitrogens with one attached hydrogen (secondary N) is 1. The lowest BCUT2D eigenvalue weighted by atomic mass is 10.1. The van der Waals surface area contributed by atoms with E-state index in [1.165, 1.54) is 0 Å². The molecular weight excluding hydrogens is 204 g/mol. The van der Waals surface area contributed by atoms with E-state index in [0.29, 0.717) is 6.04 Å². The molecule has 90 valence electrons. The molecule has 0 aromatic carbocycles. The Balaban J connectivity index is 1.85. The SMILES string of the molecule is CCCNCc1cn(C2CCOCC2)nn1. The largest absolute Gasteiger partial charge is 0.381 e. The van der Waals surface area contributed by atoms with Gasteiger partial charge in [-0.3, -0.25) is 0 Å². The third kappa shape index (κ3) is 3.02. The standard InChI is InChI=1S/C11H20N4O/c1-2-5-12-8-10-9-15(14-13-10)11-3-6-16-7-4-11/h9,11-12H,2-8H2,1H3. The monoisotopic (exact) mass is 224 g/mol. The molecule has 1 aromatic rings. The van der Waals surface area contributed by atoms with Gasteiger partial charge < -0.3 is 10.1 Å². The van der Waals surface area contributed by atoms with E-state index in [1.54, 1.807) is 0 Å². The van der Waals surface area contributed by atoms with Crippen molar-refractivity contribution in [2.24, 2.45) is 0 Å². The number of hydrogen-bond donors (Lipinski definition) is 1. The molecule has 1 saturated heterocycles. The molecular formula is C11H20N4O. The zero-order valence-electron chi connectivity index (χ0n) is 9.85. The van der Waals surface area contributed by atoms with Gasteiger partial charge in [-0.1, -0.05) is 12.1 Å². The van der Waals surface area contributed by atoms with Gasteiger partial charge in [0.25, 0.3) is 0 Å². The van der Waals surface area contributed by atoms with Crippen LogP contribution in [0.25, 0.3) is 0 Å². The minimum atomic E-state index is 0.473. The van der Waals surface area contributed by atoms with Gasteiger partial charge in [0.05, 0.1) is 17.9 Å². The van der Waals surface area contributed by atoms with Crippen molar-refractivity contribution in [2.75, 3.05) is 19.8 Å². The summed E-state index contributed by atoms with van der Waals surface area (Å²) >= 11 is 0. The summed E-state index contributed by atoms with van der Waals surface area (Å²) in [7, 11) is 0. The first-order chi connectivity index (χ1) is 7.90. The van der Waals surface area contributed by atoms with E-state index in [2.05, 4.69) is 28.7 Å². The molecule has 2 rings (SSSR count). The summed E-state index contributed by atoms with van der Waals surface area (Å²) in [5, 5.41) is 11.7. The highest BCUT2D eigenvalue weighted by Gasteiger charge is 2.16. The number of hydrogen-bond acceptors (Lipinski definition) is 4. The average molecular weight is 224 g/mol. The summed E-state index contributed by atoms with van der Waals surface area (Å²) in [5.74, 6) is 0. The van der Waals surface area contributed by atoms with E-state index < -0.39 is 0 Å². The van der Waals surface area contributed by atoms with Crippen LogP contribution < -0.4 is 5.32 Å². The van der Waals surface area contributed by atoms with E-state index in [1.807, 2.05) is 4.68 Å². The molecule has 1 aromatic heterocycles. The molecule has 1 aliphatic rings. The van der Waals surface area contributed by atoms with Gasteiger partial charge in [-0.05, 0) is 25.8 Å². The van der Waals surface area contributed by atoms with Gasteiger partial charge in [0.1, 0.15) is 0 Å². The second-order valence-corrected chi connectivity index (χ2v) is 4.21. The van der Waals surface area contributed by atoms with Crippen molar-refractivity contribution in [3.05, 3.63) is 11.9 Å². The molecule has 0 radical (unpaired) electrons. The Morgan fingerprint density at radius 1 is 1.50 bits per heavy atom. The van der Waals surface area contributed by atoms with E-state index in [0.717, 1.165) is 51.3 Å². The maximum absolute atomic E-state index is 5.33. The van der Waals surface area contributed by atoms with Crippen molar-refractivity contribution < 1.29 is 4.74 Å². The molecule has 16 heavy (non-hydrogen) atoms. The van der Waals surface area contributed by atoms with E-state index in [-0.39, 0.29) is 0 Å². The molecule has 1 aliphatic heterocycles. The van der Waals surface area contributed by atoms with Crippen molar-refractivity contribution in [3.8, 4) is 0 Å². The lowest BCUT2D eigenvalue weighted by Gasteiger charge is -2.21. The van der Waals surface area contributed by atoms with Crippen LogP contribution in [0.3, 0.4) is 0 Å². The van der Waals surface area contributed by atoms with Crippen LogP contribution in [-0.2, 0) is 11.3 Å². The van der Waals surface area contributed by atoms with Crippen LogP contribution in [0.5, 0.6) is 0 Å². The summed E-state index contributed by atoms with van der Waals surface area (Å²) < 4.78 is 7.33. The topological polar surface area (TPSA) is 52.0 Å². The minimum absolute atomic E-state index is 0.473. The molecule has 5 heteroatoms. The Hall–Kier alpha value is -0.940. The van der Waals surface area contributed by atoms with Crippen LogP contribution in [0, 0.1) is 0 Å². The minimum Gasteiger partial charge on any atom is -0.381 e. The third-order valence-electron chi connectivity index (χ3n) is 2.86. The van der Waals surface area contributed by atoms with E-state index in [9.17, 15) is 0 Å². The maximum atomic E-state index is 5.33. The molecule has 2 heterocycles. The fourth-order valence-corrected chi connectivity index (χ4v) is 1.92. The van der Waals surface area contributed by atoms with Crippen LogP contribution in [0.4, 0.5) is 0 Å². The summed E-state index contributed by atoms with van der Waals surface area (Å²) in [6.07, 6.45) is 5.29. The van der Waals surface area contributed by atoms with Crippen molar-refractivity contribution in [1.82, 2.24) is 20.3 Å². The second-order valence-electron chi connectivity index (χ2n) is 4.21. The molecule has 1 fully saturated rings. The van der Waals surface area contributed by atoms with E-state index in [4.69, 9.17) is 4.74 Å². The first kappa shape index (κ1) is 11.5. The Kier molecular flexibility index (Phi) is 4.30. The quantitative estimate of drug-likeness (QED) is 0.762. The molecule has 0 amide bonds. The maximum Gasteiger partial charge on any atom is 0.0964 e. The number of ether oxygens (including phenoxy) is 1. The van der Waals surface area contributed by atoms with Gasteiger partial charge in [0.15, 0.2) is 0 Å². The number of rotatable bonds is 5. The zero-order valence-corrected chi connectivity index (χ0v) is 9.85. The highest BCUT2D eigenvalue weighted by atomic mass is 16.5. The Bertz CT molecular complexity index is 307. The molecule has 0 unspecified atom stereocenters. The van der Waals surface area contributed by atoms with Crippen LogP contribution >= 0.6 is 0 Å². The normalized spacial score (nSPS) is 17.8. The lowest BCUT2D eigenvalue weighted by Crippen LogP contribution is -2.20. The first-order valence-corrected chi connectivity index (χ1v) is 6.09. The Labute approximate surface area is 96.2 Å². The summed E-state index contributed by atoms with van der Waals surface area (Å²) in [5.41, 5.74) is 1.03. The zero-order chi connectivity index (χ0) is 11.2. The van der Waals surface area contributed by atoms with Crippen molar-refractivity contribution >= 4 is 0 Å². The molecule has 0 atom stereocenters. The van der Waals surface area contributed by atoms with Gasteiger partial charge in [-0.25, -0.2) is 4.68 Å². The first-order valence-electron chi connectivity index (χ1n) is 6.09. The smallest absolute Gasteiger partial charge is 0.0964 e. The molecule has 1 N–H and O–H groups in total. The molecule has 0 saturated carbocycles. The van der Waals surface area contributed by atoms with E-state index >= 15 is 0 Å². The summed E-state index contributed by atoms with van der Waals surface area (Å²) in [4.78, 5) is 0. The van der Waals surface area contributed by atoms with Crippen LogP contribution in [0.1, 0.15) is 37.9 Å². The van der Waals surface area contributed by atoms with Gasteiger partial charge in [0, 0.05) is 19.8 Å². The number of nitrogens with zero attached hydrogens (tertiary/aromatic N) is 3. The molecule has 0 spiro atoms. The molecule has 0 bridgehead atoms. The van der Waals surface area contributed by atoms with Crippen molar-refractivity contribution in [2.45, 2.75) is 38.8 Å². The van der Waals surface area contributed by atoms with Crippen LogP contribution in [0.2, 0.25) is 0 Å². The average Bonchev–Trinajstić information content (AvgIpc) is 2.79. The highest BCUT2D eigenvalue weighted by molar-refractivity contribution is 4.93. The molecule has 0 aliphatic carbocycles. The molecule has 5 nitrogen and oxygen atoms in total. The third-order valence-corrected chi connectivity index (χ3v) is 2.86. The fraction of sp³-hybridized carbons (Fsp3) is 0.818. The predicted molar refractivity (Wildman–Crippen MR) is 61.1 cm³/mol. The van der Waals surface area contributed by atoms with Gasteiger partial charge >= 0.3 is 0 Å². The van der Waals surface area contributed by atoms with Gasteiger partial charge in [0.2, 0.25) is 0 Å². The second kappa shape index (κ2) is 5.96. The fourth-order valence-electron chi connectivity index (χ4n) is 1.92. The predicted octanol–water partition coefficient (Wildman–Crippen LogP) is 1.13. The van der Waals surface area contributed by atoms with Crippen LogP contribution in [0.15, 0.2) is 6.20 Å². The van der Waals surface area contributed by atoms with Crippen molar-refractivity contribution in [3.63, 3.8) is 0 Å². The van der Waals surface area contributed by atoms with Crippen LogP contribution in [-0.4, -0.2) is 34.8 Å². The summed E-state index contributed by atoms with van der Waals surface area (Å²) in [6, 6.07) is 0.473. The Morgan fingerprint density at radius 2 is 2.31 bits per heavy atom. The summed E-state index contributed by atoms with van der Waals surface area (Å²) in [6.45, 7) is 5.69. The van der Waals surface area contributed by atoms with Gasteiger partial charge in [-0.15, -0.1) is 5.10 Å². The highest BCUT2D eigenvalue weighted by Crippen LogP contribution is 2.19. The lowest BCUT2D eigenvalue weighted by molar-refractivity contribution is 0.0657. The van der Waals surface area contributed by atoms with Gasteiger partial charge in [-0.2, -0.15) is 0 Å². The number of aromatic nitrogens is 3. The van der Waals surface area contributed by atoms with Crippen molar-refractivity contribution in [1.29, 1.82) is 0 Å². The Morgan fingerprint density at radius 3 is 3.06 bits per heavy atom.